The minimum absolute atomic E-state index is 0.0347. The highest BCUT2D eigenvalue weighted by molar-refractivity contribution is 7.91. The largest absolute Gasteiger partial charge is 0.610 e. The van der Waals surface area contributed by atoms with Gasteiger partial charge in [-0.3, -0.25) is 9.20 Å². The van der Waals surface area contributed by atoms with E-state index in [2.05, 4.69) is 17.2 Å². The molecule has 7 heteroatoms. The number of carbonyl (C=O) groups excluding carboxylic acids is 1. The molecule has 1 unspecified atom stereocenters. The van der Waals surface area contributed by atoms with Gasteiger partial charge in [0.05, 0.1) is 17.6 Å². The molecular formula is C27H28N4O2S. The summed E-state index contributed by atoms with van der Waals surface area (Å²) in [6, 6.07) is 17.8. The molecule has 2 aromatic carbocycles. The Morgan fingerprint density at radius 1 is 1.09 bits per heavy atom. The zero-order valence-electron chi connectivity index (χ0n) is 19.2. The summed E-state index contributed by atoms with van der Waals surface area (Å²) in [6.45, 7) is 2.14. The quantitative estimate of drug-likeness (QED) is 0.266. The lowest BCUT2D eigenvalue weighted by Gasteiger charge is -2.13. The lowest BCUT2D eigenvalue weighted by molar-refractivity contribution is 0.0951. The third kappa shape index (κ3) is 4.86. The van der Waals surface area contributed by atoms with Crippen LogP contribution in [0.5, 0.6) is 0 Å². The van der Waals surface area contributed by atoms with Crippen molar-refractivity contribution in [3.63, 3.8) is 0 Å². The van der Waals surface area contributed by atoms with Crippen LogP contribution in [0.25, 0.3) is 28.2 Å². The van der Waals surface area contributed by atoms with E-state index >= 15 is 0 Å². The van der Waals surface area contributed by atoms with Crippen LogP contribution in [0.15, 0.2) is 72.0 Å². The van der Waals surface area contributed by atoms with E-state index in [9.17, 15) is 9.35 Å². The number of imidazole rings is 1. The standard InChI is InChI=1S/C27H28N4O2S/c1-2-3-7-16-34(33)27-25-28-17-24(31(25)18-23(30-27)19-8-5-4-6-9-19)20-10-12-21(13-11-20)26(32)29-22-14-15-22/h4-6,8-13,17-18,22H,2-3,7,14-16H2,1H3,(H,29,32). The summed E-state index contributed by atoms with van der Waals surface area (Å²) in [5, 5.41) is 3.54. The summed E-state index contributed by atoms with van der Waals surface area (Å²) in [6.07, 6.45) is 8.87. The van der Waals surface area contributed by atoms with Gasteiger partial charge in [-0.25, -0.2) is 4.98 Å². The Hall–Kier alpha value is -3.16. The summed E-state index contributed by atoms with van der Waals surface area (Å²) in [5.74, 6) is 0.536. The molecule has 1 aliphatic rings. The van der Waals surface area contributed by atoms with E-state index < -0.39 is 11.2 Å². The SMILES string of the molecule is CCCCC[S+]([O-])c1nc(-c2ccccc2)cn2c(-c3ccc(C(=O)NC4CC4)cc3)cnc12. The zero-order valence-corrected chi connectivity index (χ0v) is 20.1. The molecule has 34 heavy (non-hydrogen) atoms. The molecule has 2 aromatic heterocycles. The van der Waals surface area contributed by atoms with Crippen LogP contribution in [0, 0.1) is 0 Å². The van der Waals surface area contributed by atoms with Crippen molar-refractivity contribution < 1.29 is 9.35 Å². The second-order valence-electron chi connectivity index (χ2n) is 8.72. The third-order valence-electron chi connectivity index (χ3n) is 6.04. The maximum atomic E-state index is 13.2. The predicted octanol–water partition coefficient (Wildman–Crippen LogP) is 5.25. The molecule has 0 radical (unpaired) electrons. The van der Waals surface area contributed by atoms with Crippen molar-refractivity contribution in [1.82, 2.24) is 19.7 Å². The lowest BCUT2D eigenvalue weighted by Crippen LogP contribution is -2.25. The van der Waals surface area contributed by atoms with Crippen molar-refractivity contribution in [2.75, 3.05) is 5.75 Å². The van der Waals surface area contributed by atoms with Gasteiger partial charge < -0.3 is 9.87 Å². The van der Waals surface area contributed by atoms with Gasteiger partial charge in [0, 0.05) is 40.1 Å². The van der Waals surface area contributed by atoms with E-state index in [1.54, 1.807) is 6.20 Å². The highest BCUT2D eigenvalue weighted by Gasteiger charge is 2.24. The normalized spacial score (nSPS) is 14.3. The first-order chi connectivity index (χ1) is 16.6. The number of hydrogen-bond acceptors (Lipinski definition) is 4. The van der Waals surface area contributed by atoms with Gasteiger partial charge in [0.25, 0.3) is 10.9 Å². The van der Waals surface area contributed by atoms with Crippen molar-refractivity contribution >= 4 is 22.7 Å². The highest BCUT2D eigenvalue weighted by atomic mass is 32.2. The molecule has 0 spiro atoms. The van der Waals surface area contributed by atoms with Crippen LogP contribution in [0.2, 0.25) is 0 Å². The molecule has 1 N–H and O–H groups in total. The molecule has 0 saturated heterocycles. The monoisotopic (exact) mass is 472 g/mol. The summed E-state index contributed by atoms with van der Waals surface area (Å²) >= 11 is -1.24. The van der Waals surface area contributed by atoms with E-state index in [1.807, 2.05) is 65.2 Å². The molecule has 4 aromatic rings. The fourth-order valence-corrected chi connectivity index (χ4v) is 5.16. The van der Waals surface area contributed by atoms with Gasteiger partial charge >= 0.3 is 0 Å². The summed E-state index contributed by atoms with van der Waals surface area (Å²) in [5.41, 5.74) is 4.78. The molecule has 174 valence electrons. The number of amides is 1. The van der Waals surface area contributed by atoms with E-state index in [0.29, 0.717) is 28.0 Å². The third-order valence-corrected chi connectivity index (χ3v) is 7.40. The van der Waals surface area contributed by atoms with Gasteiger partial charge in [0.15, 0.2) is 0 Å². The molecule has 0 bridgehead atoms. The van der Waals surface area contributed by atoms with Crippen LogP contribution in [-0.2, 0) is 11.2 Å². The van der Waals surface area contributed by atoms with Crippen LogP contribution in [0.3, 0.4) is 0 Å². The van der Waals surface area contributed by atoms with Gasteiger partial charge in [0.1, 0.15) is 5.75 Å². The van der Waals surface area contributed by atoms with Crippen molar-refractivity contribution in [1.29, 1.82) is 0 Å². The van der Waals surface area contributed by atoms with E-state index in [4.69, 9.17) is 4.98 Å². The van der Waals surface area contributed by atoms with Gasteiger partial charge in [-0.1, -0.05) is 55.8 Å². The van der Waals surface area contributed by atoms with Crippen molar-refractivity contribution in [3.8, 4) is 22.5 Å². The Morgan fingerprint density at radius 2 is 1.85 bits per heavy atom. The van der Waals surface area contributed by atoms with Crippen molar-refractivity contribution in [3.05, 3.63) is 72.6 Å². The number of benzene rings is 2. The van der Waals surface area contributed by atoms with Crippen molar-refractivity contribution in [2.45, 2.75) is 50.1 Å². The predicted molar refractivity (Wildman–Crippen MR) is 135 cm³/mol. The molecule has 5 rings (SSSR count). The Morgan fingerprint density at radius 3 is 2.56 bits per heavy atom. The van der Waals surface area contributed by atoms with Crippen LogP contribution in [-0.4, -0.2) is 36.6 Å². The number of unbranched alkanes of at least 4 members (excludes halogenated alkanes) is 2. The Balaban J connectivity index is 1.53. The maximum absolute atomic E-state index is 13.2. The summed E-state index contributed by atoms with van der Waals surface area (Å²) < 4.78 is 15.2. The van der Waals surface area contributed by atoms with Crippen molar-refractivity contribution in [2.24, 2.45) is 0 Å². The fraction of sp³-hybridized carbons (Fsp3) is 0.296. The van der Waals surface area contributed by atoms with Gasteiger partial charge in [0.2, 0.25) is 5.65 Å². The average Bonchev–Trinajstić information content (AvgIpc) is 3.59. The second-order valence-corrected chi connectivity index (χ2v) is 10.2. The Kier molecular flexibility index (Phi) is 6.65. The van der Waals surface area contributed by atoms with Gasteiger partial charge in [-0.15, -0.1) is 0 Å². The molecule has 1 amide bonds. The van der Waals surface area contributed by atoms with E-state index in [1.165, 1.54) is 0 Å². The minimum Gasteiger partial charge on any atom is -0.610 e. The number of nitrogens with one attached hydrogen (secondary N) is 1. The fourth-order valence-electron chi connectivity index (χ4n) is 3.94. The van der Waals surface area contributed by atoms with Crippen LogP contribution in [0.4, 0.5) is 0 Å². The molecular weight excluding hydrogens is 444 g/mol. The molecule has 1 atom stereocenters. The summed E-state index contributed by atoms with van der Waals surface area (Å²) in [4.78, 5) is 21.8. The molecule has 6 nitrogen and oxygen atoms in total. The first-order valence-electron chi connectivity index (χ1n) is 11.9. The highest BCUT2D eigenvalue weighted by Crippen LogP contribution is 2.28. The number of fused-ring (bicyclic) bond motifs is 1. The maximum Gasteiger partial charge on any atom is 0.288 e. The Labute approximate surface area is 202 Å². The average molecular weight is 473 g/mol. The number of nitrogens with zero attached hydrogens (tertiary/aromatic N) is 3. The first kappa shape index (κ1) is 22.6. The number of hydrogen-bond donors (Lipinski definition) is 1. The molecule has 2 heterocycles. The van der Waals surface area contributed by atoms with E-state index in [0.717, 1.165) is 54.6 Å². The number of rotatable bonds is 9. The topological polar surface area (TPSA) is 82.3 Å². The van der Waals surface area contributed by atoms with Crippen LogP contribution >= 0.6 is 0 Å². The van der Waals surface area contributed by atoms with Gasteiger partial charge in [-0.2, -0.15) is 4.98 Å². The van der Waals surface area contributed by atoms with E-state index in [-0.39, 0.29) is 5.91 Å². The Bertz CT molecular complexity index is 1280. The smallest absolute Gasteiger partial charge is 0.288 e. The molecule has 1 aliphatic carbocycles. The molecule has 1 fully saturated rings. The number of carbonyl (C=O) groups is 1. The van der Waals surface area contributed by atoms with Crippen LogP contribution in [0.1, 0.15) is 49.4 Å². The minimum atomic E-state index is -1.24. The zero-order chi connectivity index (χ0) is 23.5. The van der Waals surface area contributed by atoms with Crippen LogP contribution < -0.4 is 5.32 Å². The second kappa shape index (κ2) is 9.99. The van der Waals surface area contributed by atoms with Gasteiger partial charge in [-0.05, 0) is 37.8 Å². The molecule has 0 aliphatic heterocycles. The molecule has 1 saturated carbocycles. The lowest BCUT2D eigenvalue weighted by atomic mass is 10.1. The first-order valence-corrected chi connectivity index (χ1v) is 13.2. The number of aromatic nitrogens is 3. The summed E-state index contributed by atoms with van der Waals surface area (Å²) in [7, 11) is 0.